The molecule has 1 saturated carbocycles. The summed E-state index contributed by atoms with van der Waals surface area (Å²) in [5.74, 6) is 0.713. The lowest BCUT2D eigenvalue weighted by Crippen LogP contribution is -2.46. The molecule has 5 heteroatoms. The molecule has 3 rings (SSSR count). The van der Waals surface area contributed by atoms with Crippen LogP contribution >= 0.6 is 0 Å². The van der Waals surface area contributed by atoms with Gasteiger partial charge in [0.2, 0.25) is 0 Å². The maximum Gasteiger partial charge on any atom is 0.274 e. The van der Waals surface area contributed by atoms with Gasteiger partial charge in [0.15, 0.2) is 5.69 Å². The monoisotopic (exact) mass is 332 g/mol. The summed E-state index contributed by atoms with van der Waals surface area (Å²) < 4.78 is 2.09. The average Bonchev–Trinajstić information content (AvgIpc) is 3.29. The third-order valence-electron chi connectivity index (χ3n) is 5.06. The van der Waals surface area contributed by atoms with E-state index in [9.17, 15) is 4.79 Å². The Kier molecular flexibility index (Phi) is 5.00. The minimum Gasteiger partial charge on any atom is -0.334 e. The van der Waals surface area contributed by atoms with Crippen molar-refractivity contribution in [1.82, 2.24) is 20.0 Å². The van der Waals surface area contributed by atoms with Gasteiger partial charge in [-0.1, -0.05) is 6.92 Å². The van der Waals surface area contributed by atoms with Crippen molar-refractivity contribution >= 4 is 5.91 Å². The molecule has 0 unspecified atom stereocenters. The van der Waals surface area contributed by atoms with Gasteiger partial charge in [0.25, 0.3) is 5.91 Å². The summed E-state index contributed by atoms with van der Waals surface area (Å²) in [4.78, 5) is 15.3. The summed E-state index contributed by atoms with van der Waals surface area (Å²) in [5, 5.41) is 8.14. The number of amides is 1. The summed E-state index contributed by atoms with van der Waals surface area (Å²) in [6.45, 7) is 11.5. The molecule has 2 heterocycles. The predicted octanol–water partition coefficient (Wildman–Crippen LogP) is 3.12. The van der Waals surface area contributed by atoms with Gasteiger partial charge >= 0.3 is 0 Å². The first-order chi connectivity index (χ1) is 11.4. The average molecular weight is 332 g/mol. The normalized spacial score (nSPS) is 19.5. The number of carbonyl (C=O) groups is 1. The molecule has 134 valence electrons. The minimum atomic E-state index is -0.0825. The van der Waals surface area contributed by atoms with Crippen molar-refractivity contribution in [3.8, 4) is 0 Å². The number of hydrogen-bond acceptors (Lipinski definition) is 3. The molecule has 1 aromatic heterocycles. The van der Waals surface area contributed by atoms with Gasteiger partial charge in [0, 0.05) is 24.2 Å². The van der Waals surface area contributed by atoms with Crippen molar-refractivity contribution in [2.45, 2.75) is 77.3 Å². The third kappa shape index (κ3) is 3.66. The fraction of sp³-hybridized carbons (Fsp3) is 0.789. The van der Waals surface area contributed by atoms with Gasteiger partial charge in [-0.25, -0.2) is 0 Å². The van der Waals surface area contributed by atoms with E-state index in [0.29, 0.717) is 17.7 Å². The fourth-order valence-corrected chi connectivity index (χ4v) is 3.66. The van der Waals surface area contributed by atoms with E-state index in [1.54, 1.807) is 0 Å². The Morgan fingerprint density at radius 2 is 1.96 bits per heavy atom. The Morgan fingerprint density at radius 3 is 2.50 bits per heavy atom. The van der Waals surface area contributed by atoms with Crippen molar-refractivity contribution in [3.05, 3.63) is 17.5 Å². The van der Waals surface area contributed by atoms with E-state index in [1.165, 1.54) is 18.5 Å². The van der Waals surface area contributed by atoms with Gasteiger partial charge in [-0.3, -0.25) is 9.48 Å². The van der Waals surface area contributed by atoms with E-state index in [4.69, 9.17) is 5.10 Å². The summed E-state index contributed by atoms with van der Waals surface area (Å²) in [7, 11) is 0. The molecule has 2 aliphatic rings. The van der Waals surface area contributed by atoms with Crippen LogP contribution in [0, 0.1) is 0 Å². The van der Waals surface area contributed by atoms with E-state index in [1.807, 2.05) is 0 Å². The Hall–Kier alpha value is -1.36. The smallest absolute Gasteiger partial charge is 0.274 e. The van der Waals surface area contributed by atoms with Gasteiger partial charge in [-0.05, 0) is 72.0 Å². The van der Waals surface area contributed by atoms with Crippen molar-refractivity contribution in [1.29, 1.82) is 0 Å². The number of nitrogens with one attached hydrogen (secondary N) is 1. The first-order valence-corrected chi connectivity index (χ1v) is 9.54. The molecule has 5 nitrogen and oxygen atoms in total. The molecular weight excluding hydrogens is 300 g/mol. The second-order valence-corrected chi connectivity index (χ2v) is 8.29. The van der Waals surface area contributed by atoms with Gasteiger partial charge in [-0.15, -0.1) is 0 Å². The summed E-state index contributed by atoms with van der Waals surface area (Å²) >= 11 is 0. The van der Waals surface area contributed by atoms with Gasteiger partial charge in [0.05, 0.1) is 5.54 Å². The Balaban J connectivity index is 1.86. The molecule has 0 atom stereocenters. The van der Waals surface area contributed by atoms with Crippen molar-refractivity contribution in [2.24, 2.45) is 0 Å². The van der Waals surface area contributed by atoms with Crippen LogP contribution in [0.1, 0.15) is 81.9 Å². The lowest BCUT2D eigenvalue weighted by Gasteiger charge is -2.34. The molecule has 1 aliphatic carbocycles. The molecule has 1 aliphatic heterocycles. The van der Waals surface area contributed by atoms with Crippen LogP contribution in [0.25, 0.3) is 0 Å². The highest BCUT2D eigenvalue weighted by molar-refractivity contribution is 5.92. The van der Waals surface area contributed by atoms with Gasteiger partial charge in [0.1, 0.15) is 0 Å². The van der Waals surface area contributed by atoms with E-state index in [-0.39, 0.29) is 11.4 Å². The number of nitrogens with zero attached hydrogens (tertiary/aromatic N) is 3. The summed E-state index contributed by atoms with van der Waals surface area (Å²) in [5.41, 5.74) is 1.80. The molecule has 0 aromatic carbocycles. The maximum atomic E-state index is 13.2. The van der Waals surface area contributed by atoms with Crippen LogP contribution < -0.4 is 5.32 Å². The summed E-state index contributed by atoms with van der Waals surface area (Å²) in [6, 6.07) is 2.41. The van der Waals surface area contributed by atoms with Gasteiger partial charge < -0.3 is 10.2 Å². The lowest BCUT2D eigenvalue weighted by molar-refractivity contribution is 0.0635. The second-order valence-electron chi connectivity index (χ2n) is 8.29. The first kappa shape index (κ1) is 17.5. The molecule has 1 aromatic rings. The number of carbonyl (C=O) groups excluding carboxylic acids is 1. The Bertz CT molecular complexity index is 577. The van der Waals surface area contributed by atoms with E-state index in [2.05, 4.69) is 48.7 Å². The van der Waals surface area contributed by atoms with Crippen LogP contribution in [0.15, 0.2) is 6.07 Å². The zero-order valence-corrected chi connectivity index (χ0v) is 15.6. The molecule has 0 radical (unpaired) electrons. The topological polar surface area (TPSA) is 50.2 Å². The predicted molar refractivity (Wildman–Crippen MR) is 96.4 cm³/mol. The van der Waals surface area contributed by atoms with Crippen LogP contribution in [0.5, 0.6) is 0 Å². The second kappa shape index (κ2) is 6.87. The first-order valence-electron chi connectivity index (χ1n) is 9.54. The quantitative estimate of drug-likeness (QED) is 0.901. The molecule has 2 fully saturated rings. The Morgan fingerprint density at radius 1 is 1.29 bits per heavy atom. The van der Waals surface area contributed by atoms with Crippen molar-refractivity contribution in [2.75, 3.05) is 19.6 Å². The van der Waals surface area contributed by atoms with Crippen LogP contribution in [-0.4, -0.2) is 46.3 Å². The van der Waals surface area contributed by atoms with Crippen LogP contribution in [0.3, 0.4) is 0 Å². The van der Waals surface area contributed by atoms with Crippen LogP contribution in [0.2, 0.25) is 0 Å². The molecule has 1 amide bonds. The molecular formula is C19H32N4O. The lowest BCUT2D eigenvalue weighted by atomic mass is 10.0. The molecule has 1 N–H and O–H groups in total. The number of hydrogen-bond donors (Lipinski definition) is 1. The molecule has 24 heavy (non-hydrogen) atoms. The minimum absolute atomic E-state index is 0.0825. The SMILES string of the molecule is CCCN(C(=O)c1cc(C2CC2)n(C(C)(C)C)n1)C1CCNCC1. The van der Waals surface area contributed by atoms with E-state index in [0.717, 1.165) is 38.9 Å². The van der Waals surface area contributed by atoms with Crippen LogP contribution in [-0.2, 0) is 5.54 Å². The van der Waals surface area contributed by atoms with E-state index >= 15 is 0 Å². The third-order valence-corrected chi connectivity index (χ3v) is 5.06. The molecule has 1 saturated heterocycles. The fourth-order valence-electron chi connectivity index (χ4n) is 3.66. The van der Waals surface area contributed by atoms with Crippen molar-refractivity contribution < 1.29 is 4.79 Å². The number of rotatable bonds is 5. The maximum absolute atomic E-state index is 13.2. The summed E-state index contributed by atoms with van der Waals surface area (Å²) in [6.07, 6.45) is 5.53. The van der Waals surface area contributed by atoms with Crippen molar-refractivity contribution in [3.63, 3.8) is 0 Å². The molecule has 0 bridgehead atoms. The highest BCUT2D eigenvalue weighted by Gasteiger charge is 2.34. The Labute approximate surface area is 145 Å². The number of aromatic nitrogens is 2. The van der Waals surface area contributed by atoms with E-state index < -0.39 is 0 Å². The zero-order valence-electron chi connectivity index (χ0n) is 15.6. The number of piperidine rings is 1. The standard InChI is InChI=1S/C19H32N4O/c1-5-12-22(15-8-10-20-11-9-15)18(24)16-13-17(14-6-7-14)23(21-16)19(2,3)4/h13-15,20H,5-12H2,1-4H3. The largest absolute Gasteiger partial charge is 0.334 e. The van der Waals surface area contributed by atoms with Gasteiger partial charge in [-0.2, -0.15) is 5.10 Å². The zero-order chi connectivity index (χ0) is 17.3. The molecule has 0 spiro atoms. The highest BCUT2D eigenvalue weighted by Crippen LogP contribution is 2.41. The van der Waals surface area contributed by atoms with Crippen LogP contribution in [0.4, 0.5) is 0 Å². The highest BCUT2D eigenvalue weighted by atomic mass is 16.2.